The zero-order valence-electron chi connectivity index (χ0n) is 11.4. The second-order valence-electron chi connectivity index (χ2n) is 4.96. The highest BCUT2D eigenvalue weighted by atomic mass is 79.9. The Hall–Kier alpha value is -1.55. The number of nitrogens with zero attached hydrogens (tertiary/aromatic N) is 2. The van der Waals surface area contributed by atoms with Crippen LogP contribution in [0.25, 0.3) is 0 Å². The Morgan fingerprint density at radius 3 is 2.65 bits per heavy atom. The van der Waals surface area contributed by atoms with E-state index in [1.54, 1.807) is 7.11 Å². The van der Waals surface area contributed by atoms with Crippen LogP contribution in [0.1, 0.15) is 24.4 Å². The number of methoxy groups -OCH3 is 1. The Morgan fingerprint density at radius 2 is 2.00 bits per heavy atom. The second-order valence-corrected chi connectivity index (χ2v) is 5.87. The highest BCUT2D eigenvalue weighted by Crippen LogP contribution is 2.35. The molecule has 2 heterocycles. The quantitative estimate of drug-likeness (QED) is 0.842. The Morgan fingerprint density at radius 1 is 1.20 bits per heavy atom. The topological polar surface area (TPSA) is 25.4 Å². The Bertz CT molecular complexity index is 568. The van der Waals surface area contributed by atoms with Crippen LogP contribution >= 0.6 is 15.9 Å². The van der Waals surface area contributed by atoms with Gasteiger partial charge >= 0.3 is 0 Å². The number of halogens is 1. The summed E-state index contributed by atoms with van der Waals surface area (Å²) in [5, 5.41) is 0. The monoisotopic (exact) mass is 332 g/mol. The van der Waals surface area contributed by atoms with Crippen molar-refractivity contribution in [3.63, 3.8) is 0 Å². The summed E-state index contributed by atoms with van der Waals surface area (Å²) in [5.74, 6) is 1.95. The highest BCUT2D eigenvalue weighted by Gasteiger charge is 2.26. The van der Waals surface area contributed by atoms with Gasteiger partial charge in [-0.2, -0.15) is 0 Å². The van der Waals surface area contributed by atoms with E-state index >= 15 is 0 Å². The van der Waals surface area contributed by atoms with Gasteiger partial charge in [-0.25, -0.2) is 4.98 Å². The molecule has 1 aliphatic heterocycles. The average molecular weight is 333 g/mol. The Balaban J connectivity index is 1.86. The maximum absolute atomic E-state index is 5.23. The first-order chi connectivity index (χ1) is 9.78. The van der Waals surface area contributed by atoms with Crippen molar-refractivity contribution in [3.05, 3.63) is 52.6 Å². The minimum Gasteiger partial charge on any atom is -0.497 e. The molecule has 0 N–H and O–H groups in total. The summed E-state index contributed by atoms with van der Waals surface area (Å²) in [6, 6.07) is 12.9. The molecule has 2 aromatic rings. The van der Waals surface area contributed by atoms with E-state index in [1.165, 1.54) is 18.4 Å². The van der Waals surface area contributed by atoms with E-state index in [-0.39, 0.29) is 0 Å². The number of aromatic nitrogens is 1. The fourth-order valence-electron chi connectivity index (χ4n) is 2.75. The molecular formula is C16H17BrN2O. The largest absolute Gasteiger partial charge is 0.497 e. The molecule has 1 saturated heterocycles. The lowest BCUT2D eigenvalue weighted by molar-refractivity contribution is 0.414. The molecule has 0 aliphatic carbocycles. The van der Waals surface area contributed by atoms with E-state index in [1.807, 2.05) is 24.4 Å². The van der Waals surface area contributed by atoms with Gasteiger partial charge in [-0.1, -0.05) is 12.1 Å². The fraction of sp³-hybridized carbons (Fsp3) is 0.312. The van der Waals surface area contributed by atoms with Gasteiger partial charge in [-0.05, 0) is 58.6 Å². The second kappa shape index (κ2) is 5.83. The lowest BCUT2D eigenvalue weighted by Gasteiger charge is -2.26. The molecule has 1 unspecified atom stereocenters. The van der Waals surface area contributed by atoms with Gasteiger partial charge in [-0.15, -0.1) is 0 Å². The number of anilines is 1. The van der Waals surface area contributed by atoms with E-state index in [0.717, 1.165) is 22.6 Å². The molecule has 0 saturated carbocycles. The van der Waals surface area contributed by atoms with Gasteiger partial charge in [0.2, 0.25) is 0 Å². The number of ether oxygens (including phenoxy) is 1. The smallest absolute Gasteiger partial charge is 0.129 e. The standard InChI is InChI=1S/C16H17BrN2O/c1-20-14-7-4-12(5-8-14)15-3-2-10-19(15)16-9-6-13(17)11-18-16/h4-9,11,15H,2-3,10H2,1H3. The van der Waals surface area contributed by atoms with Gasteiger partial charge in [-0.3, -0.25) is 0 Å². The Kier molecular flexibility index (Phi) is 3.92. The zero-order chi connectivity index (χ0) is 13.9. The highest BCUT2D eigenvalue weighted by molar-refractivity contribution is 9.10. The minimum absolute atomic E-state index is 0.412. The maximum Gasteiger partial charge on any atom is 0.129 e. The van der Waals surface area contributed by atoms with Crippen molar-refractivity contribution in [2.45, 2.75) is 18.9 Å². The van der Waals surface area contributed by atoms with Gasteiger partial charge in [0, 0.05) is 17.2 Å². The summed E-state index contributed by atoms with van der Waals surface area (Å²) < 4.78 is 6.24. The van der Waals surface area contributed by atoms with Gasteiger partial charge in [0.05, 0.1) is 13.2 Å². The van der Waals surface area contributed by atoms with Crippen LogP contribution in [-0.4, -0.2) is 18.6 Å². The molecule has 0 bridgehead atoms. The zero-order valence-corrected chi connectivity index (χ0v) is 13.0. The van der Waals surface area contributed by atoms with Crippen molar-refractivity contribution >= 4 is 21.7 Å². The van der Waals surface area contributed by atoms with E-state index < -0.39 is 0 Å². The van der Waals surface area contributed by atoms with Crippen LogP contribution in [0.2, 0.25) is 0 Å². The van der Waals surface area contributed by atoms with Crippen LogP contribution in [0.5, 0.6) is 5.75 Å². The number of pyridine rings is 1. The van der Waals surface area contributed by atoms with Crippen LogP contribution in [0.3, 0.4) is 0 Å². The van der Waals surface area contributed by atoms with Gasteiger partial charge < -0.3 is 9.64 Å². The van der Waals surface area contributed by atoms with Crippen molar-refractivity contribution in [1.82, 2.24) is 4.98 Å². The van der Waals surface area contributed by atoms with Crippen molar-refractivity contribution < 1.29 is 4.74 Å². The summed E-state index contributed by atoms with van der Waals surface area (Å²) in [4.78, 5) is 6.91. The predicted octanol–water partition coefficient (Wildman–Crippen LogP) is 4.19. The Labute approximate surface area is 127 Å². The van der Waals surface area contributed by atoms with Gasteiger partial charge in [0.1, 0.15) is 11.6 Å². The molecule has 3 nitrogen and oxygen atoms in total. The fourth-order valence-corrected chi connectivity index (χ4v) is 2.99. The SMILES string of the molecule is COc1ccc(C2CCCN2c2ccc(Br)cn2)cc1. The summed E-state index contributed by atoms with van der Waals surface area (Å²) in [6.45, 7) is 1.06. The lowest BCUT2D eigenvalue weighted by atomic mass is 10.0. The van der Waals surface area contributed by atoms with Crippen LogP contribution < -0.4 is 9.64 Å². The molecule has 1 fully saturated rings. The van der Waals surface area contributed by atoms with Crippen molar-refractivity contribution in [2.24, 2.45) is 0 Å². The third-order valence-electron chi connectivity index (χ3n) is 3.76. The molecule has 0 spiro atoms. The van der Waals surface area contributed by atoms with Crippen LogP contribution in [-0.2, 0) is 0 Å². The molecular weight excluding hydrogens is 316 g/mol. The lowest BCUT2D eigenvalue weighted by Crippen LogP contribution is -2.23. The number of benzene rings is 1. The van der Waals surface area contributed by atoms with Crippen molar-refractivity contribution in [1.29, 1.82) is 0 Å². The van der Waals surface area contributed by atoms with Crippen molar-refractivity contribution in [3.8, 4) is 5.75 Å². The normalized spacial score (nSPS) is 18.3. The van der Waals surface area contributed by atoms with Crippen LogP contribution in [0.4, 0.5) is 5.82 Å². The van der Waals surface area contributed by atoms with E-state index in [9.17, 15) is 0 Å². The molecule has 1 atom stereocenters. The van der Waals surface area contributed by atoms with Gasteiger partial charge in [0.15, 0.2) is 0 Å². The molecule has 0 radical (unpaired) electrons. The molecule has 3 rings (SSSR count). The van der Waals surface area contributed by atoms with E-state index in [4.69, 9.17) is 4.74 Å². The summed E-state index contributed by atoms with van der Waals surface area (Å²) in [5.41, 5.74) is 1.33. The predicted molar refractivity (Wildman–Crippen MR) is 84.3 cm³/mol. The number of rotatable bonds is 3. The molecule has 1 aliphatic rings. The first kappa shape index (κ1) is 13.4. The molecule has 1 aromatic carbocycles. The molecule has 20 heavy (non-hydrogen) atoms. The van der Waals surface area contributed by atoms with E-state index in [0.29, 0.717) is 6.04 Å². The maximum atomic E-state index is 5.23. The van der Waals surface area contributed by atoms with E-state index in [2.05, 4.69) is 44.0 Å². The summed E-state index contributed by atoms with van der Waals surface area (Å²) >= 11 is 3.44. The van der Waals surface area contributed by atoms with Crippen LogP contribution in [0.15, 0.2) is 47.1 Å². The first-order valence-corrected chi connectivity index (χ1v) is 7.59. The molecule has 1 aromatic heterocycles. The first-order valence-electron chi connectivity index (χ1n) is 6.80. The summed E-state index contributed by atoms with van der Waals surface area (Å²) in [6.07, 6.45) is 4.23. The molecule has 104 valence electrons. The summed E-state index contributed by atoms with van der Waals surface area (Å²) in [7, 11) is 1.70. The average Bonchev–Trinajstić information content (AvgIpc) is 2.97. The molecule has 0 amide bonds. The number of hydrogen-bond donors (Lipinski definition) is 0. The third kappa shape index (κ3) is 2.66. The van der Waals surface area contributed by atoms with Gasteiger partial charge in [0.25, 0.3) is 0 Å². The molecule has 4 heteroatoms. The number of hydrogen-bond acceptors (Lipinski definition) is 3. The third-order valence-corrected chi connectivity index (χ3v) is 4.23. The minimum atomic E-state index is 0.412. The van der Waals surface area contributed by atoms with Crippen LogP contribution in [0, 0.1) is 0 Å². The van der Waals surface area contributed by atoms with Crippen molar-refractivity contribution in [2.75, 3.05) is 18.6 Å².